The van der Waals surface area contributed by atoms with Crippen molar-refractivity contribution in [2.75, 3.05) is 19.5 Å². The number of rotatable bonds is 5. The van der Waals surface area contributed by atoms with Gasteiger partial charge in [0.15, 0.2) is 11.0 Å². The summed E-state index contributed by atoms with van der Waals surface area (Å²) in [6, 6.07) is 1.78. The topological polar surface area (TPSA) is 97.7 Å². The van der Waals surface area contributed by atoms with Gasteiger partial charge in [-0.1, -0.05) is 0 Å². The van der Waals surface area contributed by atoms with E-state index in [1.54, 1.807) is 27.3 Å². The fourth-order valence-electron chi connectivity index (χ4n) is 1.36. The summed E-state index contributed by atoms with van der Waals surface area (Å²) in [5.41, 5.74) is -0.262. The van der Waals surface area contributed by atoms with Crippen LogP contribution < -0.4 is 11.0 Å². The summed E-state index contributed by atoms with van der Waals surface area (Å²) in [6.07, 6.45) is 0. The third-order valence-electron chi connectivity index (χ3n) is 2.31. The summed E-state index contributed by atoms with van der Waals surface area (Å²) >= 11 is 1.28. The molecular weight excluding hydrogens is 268 g/mol. The third kappa shape index (κ3) is 3.12. The van der Waals surface area contributed by atoms with Crippen LogP contribution in [0.15, 0.2) is 21.0 Å². The second-order valence-electron chi connectivity index (χ2n) is 3.66. The lowest BCUT2D eigenvalue weighted by Gasteiger charge is -2.06. The van der Waals surface area contributed by atoms with E-state index in [1.165, 1.54) is 16.3 Å². The van der Waals surface area contributed by atoms with Gasteiger partial charge in [-0.05, 0) is 11.8 Å². The molecule has 2 aromatic heterocycles. The molecule has 19 heavy (non-hydrogen) atoms. The van der Waals surface area contributed by atoms with E-state index in [4.69, 9.17) is 4.74 Å². The first kappa shape index (κ1) is 13.6. The highest BCUT2D eigenvalue weighted by Crippen LogP contribution is 2.24. The number of H-pyrrole nitrogens is 1. The minimum atomic E-state index is -0.262. The Morgan fingerprint density at radius 2 is 2.32 bits per heavy atom. The van der Waals surface area contributed by atoms with Gasteiger partial charge in [-0.25, -0.2) is 19.9 Å². The summed E-state index contributed by atoms with van der Waals surface area (Å²) in [6.45, 7) is 0.322. The smallest absolute Gasteiger partial charge is 0.343 e. The van der Waals surface area contributed by atoms with E-state index in [0.717, 1.165) is 0 Å². The summed E-state index contributed by atoms with van der Waals surface area (Å²) in [5, 5.41) is 10.5. The standard InChI is InChI=1S/C10H14N6O2S/c1-11-6-4-8(13-7(12-6)5-18-3)19-10-15-14-9(17)16(10)2/h4H,5H2,1-3H3,(H,14,17)(H,11,12,13). The summed E-state index contributed by atoms with van der Waals surface area (Å²) < 4.78 is 6.44. The number of nitrogens with one attached hydrogen (secondary N) is 2. The van der Waals surface area contributed by atoms with Crippen LogP contribution >= 0.6 is 11.8 Å². The van der Waals surface area contributed by atoms with Crippen molar-refractivity contribution in [3.8, 4) is 0 Å². The maximum absolute atomic E-state index is 11.3. The molecule has 2 aromatic rings. The van der Waals surface area contributed by atoms with Crippen molar-refractivity contribution in [1.29, 1.82) is 0 Å². The van der Waals surface area contributed by atoms with Crippen molar-refractivity contribution >= 4 is 17.6 Å². The average molecular weight is 282 g/mol. The third-order valence-corrected chi connectivity index (χ3v) is 3.28. The predicted octanol–water partition coefficient (Wildman–Crippen LogP) is 0.238. The molecule has 0 aliphatic heterocycles. The second kappa shape index (κ2) is 5.85. The minimum absolute atomic E-state index is 0.262. The molecule has 8 nitrogen and oxygen atoms in total. The fourth-order valence-corrected chi connectivity index (χ4v) is 2.18. The molecule has 0 amide bonds. The molecule has 2 heterocycles. The molecule has 0 unspecified atom stereocenters. The van der Waals surface area contributed by atoms with Crippen molar-refractivity contribution in [3.05, 3.63) is 22.4 Å². The molecule has 2 rings (SSSR count). The van der Waals surface area contributed by atoms with Gasteiger partial charge in [0.25, 0.3) is 0 Å². The van der Waals surface area contributed by atoms with Crippen molar-refractivity contribution in [1.82, 2.24) is 24.7 Å². The van der Waals surface area contributed by atoms with E-state index < -0.39 is 0 Å². The van der Waals surface area contributed by atoms with Gasteiger partial charge >= 0.3 is 5.69 Å². The van der Waals surface area contributed by atoms with Crippen LogP contribution in [0.25, 0.3) is 0 Å². The van der Waals surface area contributed by atoms with Gasteiger partial charge in [-0.15, -0.1) is 5.10 Å². The SMILES string of the molecule is CNc1cc(Sc2n[nH]c(=O)n2C)nc(COC)n1. The van der Waals surface area contributed by atoms with Crippen molar-refractivity contribution in [2.24, 2.45) is 7.05 Å². The Kier molecular flexibility index (Phi) is 4.17. The Hall–Kier alpha value is -1.87. The number of aromatic nitrogens is 5. The zero-order valence-corrected chi connectivity index (χ0v) is 11.6. The number of hydrogen-bond donors (Lipinski definition) is 2. The highest BCUT2D eigenvalue weighted by atomic mass is 32.2. The molecule has 0 aliphatic carbocycles. The number of aromatic amines is 1. The van der Waals surface area contributed by atoms with Crippen molar-refractivity contribution in [3.63, 3.8) is 0 Å². The van der Waals surface area contributed by atoms with Crippen molar-refractivity contribution in [2.45, 2.75) is 16.8 Å². The molecule has 0 spiro atoms. The summed E-state index contributed by atoms with van der Waals surface area (Å²) in [5.74, 6) is 1.25. The minimum Gasteiger partial charge on any atom is -0.377 e. The Labute approximate surface area is 113 Å². The Morgan fingerprint density at radius 1 is 1.53 bits per heavy atom. The van der Waals surface area contributed by atoms with Crippen LogP contribution in [0.4, 0.5) is 5.82 Å². The molecule has 0 saturated carbocycles. The van der Waals surface area contributed by atoms with Gasteiger partial charge in [0.1, 0.15) is 17.5 Å². The zero-order chi connectivity index (χ0) is 13.8. The molecule has 0 bridgehead atoms. The molecule has 102 valence electrons. The van der Waals surface area contributed by atoms with Crippen LogP contribution in [-0.2, 0) is 18.4 Å². The molecule has 0 radical (unpaired) electrons. The van der Waals surface area contributed by atoms with Crippen LogP contribution in [0.3, 0.4) is 0 Å². The first-order valence-electron chi connectivity index (χ1n) is 5.48. The zero-order valence-electron chi connectivity index (χ0n) is 10.8. The molecule has 0 fully saturated rings. The summed E-state index contributed by atoms with van der Waals surface area (Å²) in [7, 11) is 5.00. The quantitative estimate of drug-likeness (QED) is 0.758. The summed E-state index contributed by atoms with van der Waals surface area (Å²) in [4.78, 5) is 19.9. The lowest BCUT2D eigenvalue weighted by molar-refractivity contribution is 0.177. The molecule has 0 aliphatic rings. The van der Waals surface area contributed by atoms with Gasteiger partial charge in [0.05, 0.1) is 0 Å². The van der Waals surface area contributed by atoms with E-state index in [-0.39, 0.29) is 5.69 Å². The van der Waals surface area contributed by atoms with Gasteiger partial charge in [0.2, 0.25) is 0 Å². The lowest BCUT2D eigenvalue weighted by Crippen LogP contribution is -2.12. The van der Waals surface area contributed by atoms with E-state index in [0.29, 0.717) is 28.4 Å². The first-order chi connectivity index (χ1) is 9.13. The molecule has 9 heteroatoms. The van der Waals surface area contributed by atoms with Crippen LogP contribution in [0.5, 0.6) is 0 Å². The number of anilines is 1. The van der Waals surface area contributed by atoms with Gasteiger partial charge in [0, 0.05) is 27.3 Å². The van der Waals surface area contributed by atoms with E-state index in [1.807, 2.05) is 0 Å². The average Bonchev–Trinajstić information content (AvgIpc) is 2.71. The Balaban J connectivity index is 2.31. The van der Waals surface area contributed by atoms with Crippen molar-refractivity contribution < 1.29 is 4.74 Å². The van der Waals surface area contributed by atoms with Crippen LogP contribution in [0.2, 0.25) is 0 Å². The Bertz CT molecular complexity index is 623. The Morgan fingerprint density at radius 3 is 2.89 bits per heavy atom. The van der Waals surface area contributed by atoms with Gasteiger partial charge in [-0.2, -0.15) is 0 Å². The molecule has 2 N–H and O–H groups in total. The maximum Gasteiger partial charge on any atom is 0.343 e. The van der Waals surface area contributed by atoms with Gasteiger partial charge in [-0.3, -0.25) is 4.57 Å². The highest BCUT2D eigenvalue weighted by molar-refractivity contribution is 7.99. The lowest BCUT2D eigenvalue weighted by atomic mass is 10.5. The van der Waals surface area contributed by atoms with E-state index in [9.17, 15) is 4.79 Å². The van der Waals surface area contributed by atoms with E-state index >= 15 is 0 Å². The largest absolute Gasteiger partial charge is 0.377 e. The highest BCUT2D eigenvalue weighted by Gasteiger charge is 2.10. The first-order valence-corrected chi connectivity index (χ1v) is 6.29. The maximum atomic E-state index is 11.3. The van der Waals surface area contributed by atoms with E-state index in [2.05, 4.69) is 25.5 Å². The van der Waals surface area contributed by atoms with Crippen LogP contribution in [-0.4, -0.2) is 38.9 Å². The molecule has 0 atom stereocenters. The number of methoxy groups -OCH3 is 1. The van der Waals surface area contributed by atoms with Crippen LogP contribution in [0, 0.1) is 0 Å². The molecule has 0 saturated heterocycles. The number of nitrogens with zero attached hydrogens (tertiary/aromatic N) is 4. The molecular formula is C10H14N6O2S. The normalized spacial score (nSPS) is 10.7. The number of hydrogen-bond acceptors (Lipinski definition) is 7. The fraction of sp³-hybridized carbons (Fsp3) is 0.400. The monoisotopic (exact) mass is 282 g/mol. The second-order valence-corrected chi connectivity index (χ2v) is 4.65. The molecule has 0 aromatic carbocycles. The van der Waals surface area contributed by atoms with Crippen LogP contribution in [0.1, 0.15) is 5.82 Å². The van der Waals surface area contributed by atoms with Gasteiger partial charge < -0.3 is 10.1 Å². The predicted molar refractivity (Wildman–Crippen MR) is 70.2 cm³/mol. The number of ether oxygens (including phenoxy) is 1.